The number of para-hydroxylation sites is 1. The molecule has 0 unspecified atom stereocenters. The molecule has 0 radical (unpaired) electrons. The molecule has 3 aromatic rings. The SMILES string of the molecule is CCCCCCOCC(=O)N(C)c1c(C(C)C)cc(C(C)C)c(S(=O)(=O)Nc2ccc(Nc3ccccc3)cc2)c1C(C)C. The van der Waals surface area contributed by atoms with Crippen LogP contribution >= 0.6 is 0 Å². The Hall–Kier alpha value is -3.36. The van der Waals surface area contributed by atoms with Gasteiger partial charge in [0.05, 0.1) is 10.6 Å². The predicted molar refractivity (Wildman–Crippen MR) is 184 cm³/mol. The fraction of sp³-hybridized carbons (Fsp3) is 0.472. The monoisotopic (exact) mass is 621 g/mol. The number of nitrogens with zero attached hydrogens (tertiary/aromatic N) is 1. The third kappa shape index (κ3) is 9.08. The zero-order valence-electron chi connectivity index (χ0n) is 27.7. The number of sulfonamides is 1. The average Bonchev–Trinajstić information content (AvgIpc) is 2.98. The van der Waals surface area contributed by atoms with E-state index in [1.54, 1.807) is 24.1 Å². The van der Waals surface area contributed by atoms with E-state index in [2.05, 4.69) is 30.8 Å². The van der Waals surface area contributed by atoms with Crippen LogP contribution in [0.3, 0.4) is 0 Å². The molecule has 0 aliphatic rings. The summed E-state index contributed by atoms with van der Waals surface area (Å²) in [4.78, 5) is 15.3. The number of carbonyl (C=O) groups excluding carboxylic acids is 1. The first kappa shape index (κ1) is 35.1. The third-order valence-electron chi connectivity index (χ3n) is 7.71. The highest BCUT2D eigenvalue weighted by atomic mass is 32.2. The van der Waals surface area contributed by atoms with E-state index >= 15 is 0 Å². The molecule has 8 heteroatoms. The van der Waals surface area contributed by atoms with Gasteiger partial charge in [-0.25, -0.2) is 8.42 Å². The number of hydrogen-bond acceptors (Lipinski definition) is 5. The summed E-state index contributed by atoms with van der Waals surface area (Å²) in [6.07, 6.45) is 4.28. The van der Waals surface area contributed by atoms with E-state index in [0.29, 0.717) is 23.5 Å². The number of likely N-dealkylation sites (N-methyl/N-ethyl adjacent to an activating group) is 1. The fourth-order valence-corrected chi connectivity index (χ4v) is 7.10. The number of nitrogens with one attached hydrogen (secondary N) is 2. The van der Waals surface area contributed by atoms with E-state index in [4.69, 9.17) is 4.74 Å². The fourth-order valence-electron chi connectivity index (χ4n) is 5.33. The Bertz CT molecular complexity index is 1470. The van der Waals surface area contributed by atoms with Gasteiger partial charge in [-0.2, -0.15) is 0 Å². The number of benzene rings is 3. The van der Waals surface area contributed by atoms with E-state index in [-0.39, 0.29) is 35.2 Å². The number of anilines is 4. The number of rotatable bonds is 16. The molecule has 7 nitrogen and oxygen atoms in total. The molecule has 0 heterocycles. The van der Waals surface area contributed by atoms with E-state index < -0.39 is 10.0 Å². The van der Waals surface area contributed by atoms with Gasteiger partial charge < -0.3 is 15.0 Å². The summed E-state index contributed by atoms with van der Waals surface area (Å²) in [6.45, 7) is 14.8. The van der Waals surface area contributed by atoms with Gasteiger partial charge in [0.25, 0.3) is 15.9 Å². The first-order chi connectivity index (χ1) is 20.9. The van der Waals surface area contributed by atoms with Crippen LogP contribution in [-0.4, -0.2) is 34.6 Å². The van der Waals surface area contributed by atoms with Crippen molar-refractivity contribution in [3.8, 4) is 0 Å². The van der Waals surface area contributed by atoms with Crippen LogP contribution in [0.25, 0.3) is 0 Å². The molecule has 0 spiro atoms. The van der Waals surface area contributed by atoms with Crippen molar-refractivity contribution in [2.75, 3.05) is 35.2 Å². The molecule has 3 aromatic carbocycles. The molecule has 240 valence electrons. The van der Waals surface area contributed by atoms with Crippen LogP contribution in [0.15, 0.2) is 65.6 Å². The zero-order valence-corrected chi connectivity index (χ0v) is 28.6. The summed E-state index contributed by atoms with van der Waals surface area (Å²) in [5.74, 6) is -0.357. The first-order valence-electron chi connectivity index (χ1n) is 15.9. The number of unbranched alkanes of at least 4 members (excludes halogenated alkanes) is 3. The molecule has 0 atom stereocenters. The van der Waals surface area contributed by atoms with Crippen molar-refractivity contribution in [1.82, 2.24) is 0 Å². The van der Waals surface area contributed by atoms with Gasteiger partial charge in [-0.3, -0.25) is 9.52 Å². The Labute approximate surface area is 265 Å². The van der Waals surface area contributed by atoms with Crippen LogP contribution in [0.1, 0.15) is 109 Å². The predicted octanol–water partition coefficient (Wildman–Crippen LogP) is 9.16. The largest absolute Gasteiger partial charge is 0.372 e. The van der Waals surface area contributed by atoms with Crippen molar-refractivity contribution in [1.29, 1.82) is 0 Å². The molecule has 1 amide bonds. The lowest BCUT2D eigenvalue weighted by Crippen LogP contribution is -2.33. The molecule has 0 aliphatic heterocycles. The van der Waals surface area contributed by atoms with Crippen LogP contribution < -0.4 is 14.9 Å². The molecule has 0 saturated heterocycles. The second-order valence-electron chi connectivity index (χ2n) is 12.4. The van der Waals surface area contributed by atoms with Gasteiger partial charge in [-0.15, -0.1) is 0 Å². The molecule has 0 aromatic heterocycles. The van der Waals surface area contributed by atoms with E-state index in [9.17, 15) is 13.2 Å². The van der Waals surface area contributed by atoms with Crippen LogP contribution in [0, 0.1) is 0 Å². The van der Waals surface area contributed by atoms with Crippen molar-refractivity contribution >= 4 is 38.7 Å². The molecule has 3 rings (SSSR count). The van der Waals surface area contributed by atoms with E-state index in [1.807, 2.05) is 76.2 Å². The Morgan fingerprint density at radius 1 is 0.795 bits per heavy atom. The van der Waals surface area contributed by atoms with Crippen molar-refractivity contribution in [3.05, 3.63) is 77.4 Å². The maximum Gasteiger partial charge on any atom is 0.262 e. The zero-order chi connectivity index (χ0) is 32.4. The lowest BCUT2D eigenvalue weighted by molar-refractivity contribution is -0.122. The van der Waals surface area contributed by atoms with Crippen molar-refractivity contribution in [3.63, 3.8) is 0 Å². The molecule has 0 bridgehead atoms. The van der Waals surface area contributed by atoms with Gasteiger partial charge in [0.15, 0.2) is 0 Å². The van der Waals surface area contributed by atoms with E-state index in [1.165, 1.54) is 0 Å². The number of amides is 1. The molecule has 44 heavy (non-hydrogen) atoms. The second kappa shape index (κ2) is 16.1. The normalized spacial score (nSPS) is 11.8. The Morgan fingerprint density at radius 3 is 1.95 bits per heavy atom. The second-order valence-corrected chi connectivity index (χ2v) is 14.0. The maximum absolute atomic E-state index is 14.3. The van der Waals surface area contributed by atoms with Crippen LogP contribution in [0.5, 0.6) is 0 Å². The molecular formula is C36H51N3O4S. The van der Waals surface area contributed by atoms with Gasteiger partial charge in [-0.1, -0.05) is 92.0 Å². The first-order valence-corrected chi connectivity index (χ1v) is 17.4. The highest BCUT2D eigenvalue weighted by Crippen LogP contribution is 2.44. The highest BCUT2D eigenvalue weighted by molar-refractivity contribution is 7.92. The maximum atomic E-state index is 14.3. The van der Waals surface area contributed by atoms with Crippen molar-refractivity contribution in [2.24, 2.45) is 0 Å². The standard InChI is InChI=1S/C36H51N3O4S/c1-9-10-11-15-22-43-24-33(40)39(8)35-31(25(2)3)23-32(26(4)5)36(34(35)27(6)7)44(41,42)38-30-20-18-29(19-21-30)37-28-16-13-12-14-17-28/h12-14,16-21,23,25-27,37-38H,9-11,15,22,24H2,1-8H3. The van der Waals surface area contributed by atoms with E-state index in [0.717, 1.165) is 48.2 Å². The van der Waals surface area contributed by atoms with Gasteiger partial charge in [0.2, 0.25) is 0 Å². The molecule has 0 saturated carbocycles. The highest BCUT2D eigenvalue weighted by Gasteiger charge is 2.33. The Morgan fingerprint density at radius 2 is 1.39 bits per heavy atom. The molecule has 0 fully saturated rings. The molecular weight excluding hydrogens is 570 g/mol. The molecule has 2 N–H and O–H groups in total. The molecule has 0 aliphatic carbocycles. The van der Waals surface area contributed by atoms with Crippen LogP contribution in [-0.2, 0) is 19.6 Å². The lowest BCUT2D eigenvalue weighted by Gasteiger charge is -2.31. The number of ether oxygens (including phenoxy) is 1. The summed E-state index contributed by atoms with van der Waals surface area (Å²) >= 11 is 0. The van der Waals surface area contributed by atoms with Gasteiger partial charge >= 0.3 is 0 Å². The van der Waals surface area contributed by atoms with Gasteiger partial charge in [-0.05, 0) is 77.3 Å². The van der Waals surface area contributed by atoms with Gasteiger partial charge in [0, 0.05) is 30.7 Å². The quantitative estimate of drug-likeness (QED) is 0.156. The van der Waals surface area contributed by atoms with Crippen LogP contribution in [0.2, 0.25) is 0 Å². The average molecular weight is 622 g/mol. The smallest absolute Gasteiger partial charge is 0.262 e. The van der Waals surface area contributed by atoms with Crippen LogP contribution in [0.4, 0.5) is 22.7 Å². The minimum absolute atomic E-state index is 0.0483. The summed E-state index contributed by atoms with van der Waals surface area (Å²) in [7, 11) is -2.30. The summed E-state index contributed by atoms with van der Waals surface area (Å²) < 4.78 is 37.2. The summed E-state index contributed by atoms with van der Waals surface area (Å²) in [5.41, 5.74) is 5.25. The van der Waals surface area contributed by atoms with Crippen molar-refractivity contribution in [2.45, 2.75) is 96.8 Å². The lowest BCUT2D eigenvalue weighted by atomic mass is 9.86. The summed E-state index contributed by atoms with van der Waals surface area (Å²) in [5, 5.41) is 3.32. The van der Waals surface area contributed by atoms with Crippen molar-refractivity contribution < 1.29 is 17.9 Å². The van der Waals surface area contributed by atoms with Gasteiger partial charge in [0.1, 0.15) is 6.61 Å². The topological polar surface area (TPSA) is 87.7 Å². The number of hydrogen-bond donors (Lipinski definition) is 2. The third-order valence-corrected chi connectivity index (χ3v) is 9.21. The minimum Gasteiger partial charge on any atom is -0.372 e. The Balaban J connectivity index is 2.02. The number of carbonyl (C=O) groups is 1. The Kier molecular flexibility index (Phi) is 12.8. The minimum atomic E-state index is -4.03. The summed E-state index contributed by atoms with van der Waals surface area (Å²) in [6, 6.07) is 19.0.